The maximum absolute atomic E-state index is 13.0. The number of aryl methyl sites for hydroxylation is 3. The van der Waals surface area contributed by atoms with Crippen LogP contribution in [0.1, 0.15) is 28.7 Å². The Morgan fingerprint density at radius 1 is 1.00 bits per heavy atom. The van der Waals surface area contributed by atoms with E-state index in [0.29, 0.717) is 23.3 Å². The zero-order chi connectivity index (χ0) is 19.8. The standard InChI is InChI=1S/C22H20N4O2/c1-4-26-12-17(20(27)16-11-9-14(3)24-21(16)26)22(28)25-19-7-5-6-18-15(19)10-8-13(2)23-18/h5-12H,4H2,1-3H3,(H,25,28). The van der Waals surface area contributed by atoms with Crippen LogP contribution in [0, 0.1) is 13.8 Å². The Morgan fingerprint density at radius 2 is 1.71 bits per heavy atom. The van der Waals surface area contributed by atoms with Gasteiger partial charge in [0.05, 0.1) is 16.6 Å². The van der Waals surface area contributed by atoms with E-state index in [4.69, 9.17) is 0 Å². The summed E-state index contributed by atoms with van der Waals surface area (Å²) in [4.78, 5) is 34.8. The molecule has 0 aliphatic heterocycles. The minimum atomic E-state index is -0.442. The average molecular weight is 372 g/mol. The van der Waals surface area contributed by atoms with Crippen molar-refractivity contribution in [2.24, 2.45) is 0 Å². The van der Waals surface area contributed by atoms with E-state index in [1.165, 1.54) is 0 Å². The number of carbonyl (C=O) groups excluding carboxylic acids is 1. The summed E-state index contributed by atoms with van der Waals surface area (Å²) in [5.41, 5.74) is 3.51. The van der Waals surface area contributed by atoms with Crippen LogP contribution in [-0.2, 0) is 6.54 Å². The third-order valence-electron chi connectivity index (χ3n) is 4.77. The van der Waals surface area contributed by atoms with Crippen molar-refractivity contribution in [3.8, 4) is 0 Å². The molecule has 0 aliphatic carbocycles. The molecular weight excluding hydrogens is 352 g/mol. The molecule has 0 unspecified atom stereocenters. The normalized spacial score (nSPS) is 11.1. The van der Waals surface area contributed by atoms with Crippen LogP contribution in [0.15, 0.2) is 53.5 Å². The summed E-state index contributed by atoms with van der Waals surface area (Å²) in [5.74, 6) is -0.442. The molecular formula is C22H20N4O2. The van der Waals surface area contributed by atoms with Gasteiger partial charge in [-0.15, -0.1) is 0 Å². The molecule has 1 aromatic carbocycles. The predicted molar refractivity (Wildman–Crippen MR) is 111 cm³/mol. The number of aromatic nitrogens is 3. The largest absolute Gasteiger partial charge is 0.332 e. The summed E-state index contributed by atoms with van der Waals surface area (Å²) in [7, 11) is 0. The summed E-state index contributed by atoms with van der Waals surface area (Å²) in [6.45, 7) is 6.35. The van der Waals surface area contributed by atoms with Crippen LogP contribution < -0.4 is 10.7 Å². The first-order valence-electron chi connectivity index (χ1n) is 9.16. The van der Waals surface area contributed by atoms with Crippen molar-refractivity contribution in [3.63, 3.8) is 0 Å². The zero-order valence-electron chi connectivity index (χ0n) is 16.0. The van der Waals surface area contributed by atoms with Crippen LogP contribution in [-0.4, -0.2) is 20.4 Å². The smallest absolute Gasteiger partial charge is 0.261 e. The lowest BCUT2D eigenvalue weighted by Crippen LogP contribution is -2.24. The van der Waals surface area contributed by atoms with Crippen molar-refractivity contribution < 1.29 is 4.79 Å². The number of amides is 1. The number of hydrogen-bond acceptors (Lipinski definition) is 4. The molecule has 4 rings (SSSR count). The van der Waals surface area contributed by atoms with Crippen molar-refractivity contribution in [1.29, 1.82) is 0 Å². The van der Waals surface area contributed by atoms with Gasteiger partial charge in [0.15, 0.2) is 0 Å². The summed E-state index contributed by atoms with van der Waals surface area (Å²) < 4.78 is 1.83. The second kappa shape index (κ2) is 6.88. The molecule has 0 saturated carbocycles. The van der Waals surface area contributed by atoms with E-state index < -0.39 is 5.91 Å². The third-order valence-corrected chi connectivity index (χ3v) is 4.77. The maximum atomic E-state index is 13.0. The van der Waals surface area contributed by atoms with Gasteiger partial charge in [0.2, 0.25) is 5.43 Å². The van der Waals surface area contributed by atoms with E-state index in [-0.39, 0.29) is 11.0 Å². The van der Waals surface area contributed by atoms with Gasteiger partial charge in [-0.1, -0.05) is 6.07 Å². The van der Waals surface area contributed by atoms with Gasteiger partial charge in [-0.05, 0) is 57.2 Å². The summed E-state index contributed by atoms with van der Waals surface area (Å²) >= 11 is 0. The average Bonchev–Trinajstić information content (AvgIpc) is 2.68. The molecule has 1 amide bonds. The molecule has 6 nitrogen and oxygen atoms in total. The lowest BCUT2D eigenvalue weighted by molar-refractivity contribution is 0.102. The van der Waals surface area contributed by atoms with Crippen molar-refractivity contribution in [1.82, 2.24) is 14.5 Å². The predicted octanol–water partition coefficient (Wildman–Crippen LogP) is 3.83. The van der Waals surface area contributed by atoms with Crippen molar-refractivity contribution >= 4 is 33.5 Å². The quantitative estimate of drug-likeness (QED) is 0.593. The van der Waals surface area contributed by atoms with Gasteiger partial charge in [0.1, 0.15) is 11.2 Å². The molecule has 0 saturated heterocycles. The minimum Gasteiger partial charge on any atom is -0.332 e. The number of rotatable bonds is 3. The van der Waals surface area contributed by atoms with Gasteiger partial charge in [-0.3, -0.25) is 14.6 Å². The Kier molecular flexibility index (Phi) is 4.39. The van der Waals surface area contributed by atoms with Crippen LogP contribution in [0.3, 0.4) is 0 Å². The number of nitrogens with zero attached hydrogens (tertiary/aromatic N) is 3. The molecule has 1 N–H and O–H groups in total. The van der Waals surface area contributed by atoms with Crippen LogP contribution in [0.2, 0.25) is 0 Å². The van der Waals surface area contributed by atoms with Gasteiger partial charge in [-0.25, -0.2) is 4.98 Å². The first kappa shape index (κ1) is 17.9. The molecule has 140 valence electrons. The van der Waals surface area contributed by atoms with E-state index in [9.17, 15) is 9.59 Å². The highest BCUT2D eigenvalue weighted by Crippen LogP contribution is 2.23. The molecule has 6 heteroatoms. The van der Waals surface area contributed by atoms with Gasteiger partial charge < -0.3 is 9.88 Å². The monoisotopic (exact) mass is 372 g/mol. The molecule has 0 radical (unpaired) electrons. The Balaban J connectivity index is 1.81. The SMILES string of the molecule is CCn1cc(C(=O)Nc2cccc3nc(C)ccc23)c(=O)c2ccc(C)nc21. The van der Waals surface area contributed by atoms with Gasteiger partial charge >= 0.3 is 0 Å². The lowest BCUT2D eigenvalue weighted by Gasteiger charge is -2.12. The topological polar surface area (TPSA) is 76.9 Å². The van der Waals surface area contributed by atoms with Gasteiger partial charge in [-0.2, -0.15) is 0 Å². The summed E-state index contributed by atoms with van der Waals surface area (Å²) in [5, 5.41) is 4.15. The van der Waals surface area contributed by atoms with Crippen LogP contribution in [0.4, 0.5) is 5.69 Å². The molecule has 3 aromatic heterocycles. The summed E-state index contributed by atoms with van der Waals surface area (Å²) in [6.07, 6.45) is 1.58. The molecule has 0 aliphatic rings. The molecule has 0 fully saturated rings. The number of carbonyl (C=O) groups is 1. The van der Waals surface area contributed by atoms with Crippen LogP contribution >= 0.6 is 0 Å². The van der Waals surface area contributed by atoms with E-state index in [2.05, 4.69) is 15.3 Å². The molecule has 3 heterocycles. The second-order valence-corrected chi connectivity index (χ2v) is 6.76. The molecule has 4 aromatic rings. The lowest BCUT2D eigenvalue weighted by atomic mass is 10.1. The molecule has 0 bridgehead atoms. The maximum Gasteiger partial charge on any atom is 0.261 e. The minimum absolute atomic E-state index is 0.0945. The van der Waals surface area contributed by atoms with Crippen molar-refractivity contribution in [2.45, 2.75) is 27.3 Å². The Bertz CT molecular complexity index is 1290. The van der Waals surface area contributed by atoms with Crippen molar-refractivity contribution in [3.05, 3.63) is 75.8 Å². The number of nitrogens with one attached hydrogen (secondary N) is 1. The number of anilines is 1. The Labute approximate surface area is 161 Å². The van der Waals surface area contributed by atoms with E-state index >= 15 is 0 Å². The van der Waals surface area contributed by atoms with E-state index in [0.717, 1.165) is 22.3 Å². The number of fused-ring (bicyclic) bond motifs is 2. The molecule has 28 heavy (non-hydrogen) atoms. The Morgan fingerprint density at radius 3 is 2.46 bits per heavy atom. The zero-order valence-corrected chi connectivity index (χ0v) is 16.0. The van der Waals surface area contributed by atoms with Crippen LogP contribution in [0.25, 0.3) is 21.9 Å². The Hall–Kier alpha value is -3.54. The molecule has 0 atom stereocenters. The third kappa shape index (κ3) is 3.03. The van der Waals surface area contributed by atoms with Crippen LogP contribution in [0.5, 0.6) is 0 Å². The van der Waals surface area contributed by atoms with E-state index in [1.54, 1.807) is 18.3 Å². The summed E-state index contributed by atoms with van der Waals surface area (Å²) in [6, 6.07) is 12.9. The number of benzene rings is 1. The highest BCUT2D eigenvalue weighted by atomic mass is 16.2. The number of pyridine rings is 3. The fourth-order valence-electron chi connectivity index (χ4n) is 3.32. The highest BCUT2D eigenvalue weighted by Gasteiger charge is 2.17. The second-order valence-electron chi connectivity index (χ2n) is 6.76. The van der Waals surface area contributed by atoms with E-state index in [1.807, 2.05) is 55.7 Å². The van der Waals surface area contributed by atoms with Crippen molar-refractivity contribution in [2.75, 3.05) is 5.32 Å². The number of hydrogen-bond donors (Lipinski definition) is 1. The first-order chi connectivity index (χ1) is 13.5. The highest BCUT2D eigenvalue weighted by molar-refractivity contribution is 6.09. The first-order valence-corrected chi connectivity index (χ1v) is 9.16. The van der Waals surface area contributed by atoms with Gasteiger partial charge in [0, 0.05) is 29.5 Å². The van der Waals surface area contributed by atoms with Gasteiger partial charge in [0.25, 0.3) is 5.91 Å². The fourth-order valence-corrected chi connectivity index (χ4v) is 3.32. The molecule has 0 spiro atoms. The fraction of sp³-hybridized carbons (Fsp3) is 0.182.